The summed E-state index contributed by atoms with van der Waals surface area (Å²) in [6.07, 6.45) is 1.48. The van der Waals surface area contributed by atoms with E-state index in [1.165, 1.54) is 20.3 Å². The Balaban J connectivity index is 1.78. The van der Waals surface area contributed by atoms with Crippen molar-refractivity contribution in [3.63, 3.8) is 0 Å². The van der Waals surface area contributed by atoms with E-state index >= 15 is 0 Å². The number of amides is 4. The van der Waals surface area contributed by atoms with Gasteiger partial charge in [0.15, 0.2) is 11.5 Å². The molecule has 0 unspecified atom stereocenters. The number of hydrogen-bond acceptors (Lipinski definition) is 5. The van der Waals surface area contributed by atoms with E-state index in [0.29, 0.717) is 27.2 Å². The summed E-state index contributed by atoms with van der Waals surface area (Å²) < 4.78 is 11.4. The molecule has 1 saturated heterocycles. The van der Waals surface area contributed by atoms with E-state index in [1.807, 2.05) is 19.1 Å². The lowest BCUT2D eigenvalue weighted by Gasteiger charge is -2.12. The first-order chi connectivity index (χ1) is 14.3. The molecule has 4 amide bonds. The molecule has 0 spiro atoms. The molecule has 2 aromatic rings. The Morgan fingerprint density at radius 3 is 2.50 bits per heavy atom. The molecule has 0 aromatic heterocycles. The largest absolute Gasteiger partial charge is 0.493 e. The van der Waals surface area contributed by atoms with Crippen molar-refractivity contribution in [2.75, 3.05) is 26.1 Å². The zero-order valence-corrected chi connectivity index (χ0v) is 18.2. The van der Waals surface area contributed by atoms with Crippen LogP contribution in [0.2, 0.25) is 0 Å². The van der Waals surface area contributed by atoms with Crippen molar-refractivity contribution in [3.8, 4) is 11.5 Å². The van der Waals surface area contributed by atoms with Gasteiger partial charge in [-0.1, -0.05) is 33.6 Å². The first-order valence-corrected chi connectivity index (χ1v) is 9.74. The standard InChI is InChI=1S/C21H20BrN3O5/c1-12-4-6-15(7-5-12)23-18(26)11-25-20(27)16(24-21(25)28)9-13-8-14(22)10-17(29-2)19(13)30-3/h4-10H,11H2,1-3H3,(H,23,26)(H,24,28). The fraction of sp³-hybridized carbons (Fsp3) is 0.190. The summed E-state index contributed by atoms with van der Waals surface area (Å²) in [4.78, 5) is 38.1. The van der Waals surface area contributed by atoms with Gasteiger partial charge in [0, 0.05) is 15.7 Å². The molecule has 3 rings (SSSR count). The van der Waals surface area contributed by atoms with Crippen LogP contribution in [-0.4, -0.2) is 43.5 Å². The second-order valence-electron chi connectivity index (χ2n) is 6.52. The number of halogens is 1. The van der Waals surface area contributed by atoms with Crippen LogP contribution in [0.3, 0.4) is 0 Å². The van der Waals surface area contributed by atoms with Crippen molar-refractivity contribution in [1.29, 1.82) is 0 Å². The van der Waals surface area contributed by atoms with Crippen LogP contribution >= 0.6 is 15.9 Å². The molecule has 1 aliphatic heterocycles. The highest BCUT2D eigenvalue weighted by atomic mass is 79.9. The number of carbonyl (C=O) groups is 3. The third-order valence-corrected chi connectivity index (χ3v) is 4.83. The minimum Gasteiger partial charge on any atom is -0.493 e. The quantitative estimate of drug-likeness (QED) is 0.495. The van der Waals surface area contributed by atoms with Gasteiger partial charge in [-0.3, -0.25) is 9.59 Å². The minimum atomic E-state index is -0.675. The molecule has 30 heavy (non-hydrogen) atoms. The number of ether oxygens (including phenoxy) is 2. The molecular formula is C21H20BrN3O5. The predicted octanol–water partition coefficient (Wildman–Crippen LogP) is 3.31. The monoisotopic (exact) mass is 473 g/mol. The van der Waals surface area contributed by atoms with Crippen LogP contribution in [0, 0.1) is 6.92 Å². The number of methoxy groups -OCH3 is 2. The molecule has 1 fully saturated rings. The molecule has 0 aliphatic carbocycles. The SMILES string of the molecule is COc1cc(Br)cc(C=C2NC(=O)N(CC(=O)Nc3ccc(C)cc3)C2=O)c1OC. The third-order valence-electron chi connectivity index (χ3n) is 4.37. The van der Waals surface area contributed by atoms with Crippen LogP contribution in [0.1, 0.15) is 11.1 Å². The number of nitrogens with zero attached hydrogens (tertiary/aromatic N) is 1. The Hall–Kier alpha value is -3.33. The normalized spacial score (nSPS) is 14.7. The van der Waals surface area contributed by atoms with Crippen LogP contribution in [0.4, 0.5) is 10.5 Å². The Labute approximate surface area is 182 Å². The second kappa shape index (κ2) is 9.00. The first kappa shape index (κ1) is 21.4. The average Bonchev–Trinajstić information content (AvgIpc) is 2.96. The van der Waals surface area contributed by atoms with E-state index in [0.717, 1.165) is 10.5 Å². The molecule has 8 nitrogen and oxygen atoms in total. The molecule has 1 heterocycles. The number of carbonyl (C=O) groups excluding carboxylic acids is 3. The number of anilines is 1. The fourth-order valence-electron chi connectivity index (χ4n) is 2.92. The number of rotatable bonds is 6. The van der Waals surface area contributed by atoms with Crippen molar-refractivity contribution >= 4 is 45.5 Å². The lowest BCUT2D eigenvalue weighted by atomic mass is 10.1. The molecule has 0 atom stereocenters. The van der Waals surface area contributed by atoms with Gasteiger partial charge in [0.1, 0.15) is 12.2 Å². The van der Waals surface area contributed by atoms with E-state index in [1.54, 1.807) is 24.3 Å². The summed E-state index contributed by atoms with van der Waals surface area (Å²) in [5, 5.41) is 5.16. The number of hydrogen-bond donors (Lipinski definition) is 2. The average molecular weight is 474 g/mol. The van der Waals surface area contributed by atoms with Gasteiger partial charge in [0.25, 0.3) is 5.91 Å². The molecule has 2 N–H and O–H groups in total. The van der Waals surface area contributed by atoms with E-state index in [2.05, 4.69) is 26.6 Å². The summed E-state index contributed by atoms with van der Waals surface area (Å²) in [6, 6.07) is 9.96. The molecule has 9 heteroatoms. The summed E-state index contributed by atoms with van der Waals surface area (Å²) in [5.74, 6) is -0.221. The summed E-state index contributed by atoms with van der Waals surface area (Å²) in [5.41, 5.74) is 2.19. The number of benzene rings is 2. The van der Waals surface area contributed by atoms with Gasteiger partial charge in [-0.2, -0.15) is 0 Å². The predicted molar refractivity (Wildman–Crippen MR) is 115 cm³/mol. The van der Waals surface area contributed by atoms with E-state index in [-0.39, 0.29) is 5.70 Å². The molecule has 2 aromatic carbocycles. The number of imide groups is 1. The summed E-state index contributed by atoms with van der Waals surface area (Å²) in [6.45, 7) is 1.53. The van der Waals surface area contributed by atoms with Crippen LogP contribution in [-0.2, 0) is 9.59 Å². The number of urea groups is 1. The molecule has 0 bridgehead atoms. The van der Waals surface area contributed by atoms with Crippen molar-refractivity contribution < 1.29 is 23.9 Å². The smallest absolute Gasteiger partial charge is 0.329 e. The maximum atomic E-state index is 12.7. The Morgan fingerprint density at radius 1 is 1.17 bits per heavy atom. The topological polar surface area (TPSA) is 97.0 Å². The lowest BCUT2D eigenvalue weighted by Crippen LogP contribution is -2.38. The zero-order valence-electron chi connectivity index (χ0n) is 16.6. The highest BCUT2D eigenvalue weighted by Gasteiger charge is 2.35. The van der Waals surface area contributed by atoms with Gasteiger partial charge in [-0.05, 0) is 37.3 Å². The minimum absolute atomic E-state index is 0.0292. The zero-order chi connectivity index (χ0) is 21.8. The van der Waals surface area contributed by atoms with Crippen molar-refractivity contribution in [3.05, 3.63) is 57.7 Å². The van der Waals surface area contributed by atoms with E-state index < -0.39 is 24.4 Å². The van der Waals surface area contributed by atoms with E-state index in [9.17, 15) is 14.4 Å². The van der Waals surface area contributed by atoms with Crippen LogP contribution in [0.25, 0.3) is 6.08 Å². The maximum Gasteiger partial charge on any atom is 0.329 e. The second-order valence-corrected chi connectivity index (χ2v) is 7.44. The Kier molecular flexibility index (Phi) is 6.41. The number of nitrogens with one attached hydrogen (secondary N) is 2. The van der Waals surface area contributed by atoms with Crippen molar-refractivity contribution in [2.24, 2.45) is 0 Å². The van der Waals surface area contributed by atoms with Crippen LogP contribution < -0.4 is 20.1 Å². The molecule has 156 valence electrons. The molecular weight excluding hydrogens is 454 g/mol. The van der Waals surface area contributed by atoms with Crippen molar-refractivity contribution in [1.82, 2.24) is 10.2 Å². The van der Waals surface area contributed by atoms with Crippen molar-refractivity contribution in [2.45, 2.75) is 6.92 Å². The van der Waals surface area contributed by atoms with E-state index in [4.69, 9.17) is 9.47 Å². The molecule has 0 radical (unpaired) electrons. The van der Waals surface area contributed by atoms with Gasteiger partial charge < -0.3 is 20.1 Å². The number of aryl methyl sites for hydroxylation is 1. The van der Waals surface area contributed by atoms with Gasteiger partial charge >= 0.3 is 6.03 Å². The van der Waals surface area contributed by atoms with Gasteiger partial charge in [-0.15, -0.1) is 0 Å². The van der Waals surface area contributed by atoms with Crippen LogP contribution in [0.5, 0.6) is 11.5 Å². The fourth-order valence-corrected chi connectivity index (χ4v) is 3.37. The third kappa shape index (κ3) is 4.62. The van der Waals surface area contributed by atoms with Gasteiger partial charge in [0.2, 0.25) is 5.91 Å². The highest BCUT2D eigenvalue weighted by Crippen LogP contribution is 2.36. The Bertz CT molecular complexity index is 1030. The summed E-state index contributed by atoms with van der Waals surface area (Å²) >= 11 is 3.37. The molecule has 0 saturated carbocycles. The Morgan fingerprint density at radius 2 is 1.87 bits per heavy atom. The van der Waals surface area contributed by atoms with Crippen LogP contribution in [0.15, 0.2) is 46.6 Å². The highest BCUT2D eigenvalue weighted by molar-refractivity contribution is 9.10. The van der Waals surface area contributed by atoms with Gasteiger partial charge in [-0.25, -0.2) is 9.69 Å². The first-order valence-electron chi connectivity index (χ1n) is 8.95. The molecule has 1 aliphatic rings. The van der Waals surface area contributed by atoms with Gasteiger partial charge in [0.05, 0.1) is 14.2 Å². The maximum absolute atomic E-state index is 12.7. The lowest BCUT2D eigenvalue weighted by molar-refractivity contribution is -0.127. The summed E-state index contributed by atoms with van der Waals surface area (Å²) in [7, 11) is 2.97.